The van der Waals surface area contributed by atoms with E-state index < -0.39 is 0 Å². The van der Waals surface area contributed by atoms with E-state index >= 15 is 0 Å². The van der Waals surface area contributed by atoms with Gasteiger partial charge in [-0.05, 0) is 37.1 Å². The van der Waals surface area contributed by atoms with E-state index in [2.05, 4.69) is 90.4 Å². The number of anilines is 2. The van der Waals surface area contributed by atoms with Crippen LogP contribution in [0.2, 0.25) is 0 Å². The second-order valence-corrected chi connectivity index (χ2v) is 5.66. The summed E-state index contributed by atoms with van der Waals surface area (Å²) in [5, 5.41) is 2.65. The van der Waals surface area contributed by atoms with Crippen LogP contribution in [0.3, 0.4) is 0 Å². The molecule has 0 atom stereocenters. The maximum atomic E-state index is 2.37. The van der Waals surface area contributed by atoms with E-state index in [9.17, 15) is 0 Å². The zero-order chi connectivity index (χ0) is 14.4. The summed E-state index contributed by atoms with van der Waals surface area (Å²) in [5.74, 6) is 0. The predicted molar refractivity (Wildman–Crippen MR) is 92.6 cm³/mol. The van der Waals surface area contributed by atoms with Gasteiger partial charge in [0.25, 0.3) is 0 Å². The molecule has 0 saturated heterocycles. The third kappa shape index (κ3) is 1.74. The summed E-state index contributed by atoms with van der Waals surface area (Å²) in [6.45, 7) is 0.228. The molecule has 102 valence electrons. The van der Waals surface area contributed by atoms with Gasteiger partial charge in [0.1, 0.15) is 0 Å². The Labute approximate surface area is 125 Å². The first kappa shape index (κ1) is 12.3. The van der Waals surface area contributed by atoms with Crippen molar-refractivity contribution < 1.29 is 0 Å². The number of rotatable bonds is 1. The summed E-state index contributed by atoms with van der Waals surface area (Å²) in [6, 6.07) is 23.8. The molecule has 0 amide bonds. The zero-order valence-corrected chi connectivity index (χ0v) is 12.3. The first-order valence-corrected chi connectivity index (χ1v) is 7.30. The Morgan fingerprint density at radius 1 is 0.667 bits per heavy atom. The molecule has 0 aromatic heterocycles. The minimum Gasteiger partial charge on any atom is -0.394 e. The molecule has 1 aliphatic rings. The molecule has 4 rings (SSSR count). The Morgan fingerprint density at radius 2 is 1.24 bits per heavy atom. The minimum absolute atomic E-state index is 0.228. The van der Waals surface area contributed by atoms with Gasteiger partial charge in [0.2, 0.25) is 0 Å². The minimum atomic E-state index is 0.228. The van der Waals surface area contributed by atoms with Crippen molar-refractivity contribution in [2.24, 2.45) is 0 Å². The third-order valence-electron chi connectivity index (χ3n) is 4.45. The van der Waals surface area contributed by atoms with Crippen molar-refractivity contribution in [1.29, 1.82) is 0 Å². The fourth-order valence-corrected chi connectivity index (χ4v) is 3.49. The highest BCUT2D eigenvalue weighted by Crippen LogP contribution is 2.38. The predicted octanol–water partition coefficient (Wildman–Crippen LogP) is 3.12. The van der Waals surface area contributed by atoms with Crippen LogP contribution in [0.15, 0.2) is 66.7 Å². The first-order chi connectivity index (χ1) is 10.3. The van der Waals surface area contributed by atoms with Gasteiger partial charge in [-0.2, -0.15) is 0 Å². The molecule has 0 radical (unpaired) electrons. The number of hydrogen-bond acceptors (Lipinski definition) is 2. The van der Waals surface area contributed by atoms with E-state index in [0.29, 0.717) is 0 Å². The van der Waals surface area contributed by atoms with Gasteiger partial charge in [0, 0.05) is 16.8 Å². The maximum Gasteiger partial charge on any atom is 0.410 e. The standard InChI is InChI=1S/C18H17BN2/c1-20-16-12-6-8-14-9-7-13-17(18(14)16)21(2)19(20)15-10-4-3-5-11-15/h3-13H,1-2H3. The van der Waals surface area contributed by atoms with E-state index in [4.69, 9.17) is 0 Å². The highest BCUT2D eigenvalue weighted by Gasteiger charge is 2.34. The Kier molecular flexibility index (Phi) is 2.68. The van der Waals surface area contributed by atoms with Crippen LogP contribution in [0.4, 0.5) is 11.4 Å². The lowest BCUT2D eigenvalue weighted by atomic mass is 9.62. The maximum absolute atomic E-state index is 2.37. The van der Waals surface area contributed by atoms with E-state index in [0.717, 1.165) is 0 Å². The first-order valence-electron chi connectivity index (χ1n) is 7.30. The van der Waals surface area contributed by atoms with Crippen molar-refractivity contribution in [1.82, 2.24) is 0 Å². The van der Waals surface area contributed by atoms with E-state index in [1.165, 1.54) is 27.6 Å². The normalized spacial score (nSPS) is 13.9. The summed E-state index contributed by atoms with van der Waals surface area (Å²) in [4.78, 5) is 4.73. The molecule has 21 heavy (non-hydrogen) atoms. The molecule has 3 heteroatoms. The van der Waals surface area contributed by atoms with E-state index in [-0.39, 0.29) is 6.98 Å². The molecule has 0 spiro atoms. The fourth-order valence-electron chi connectivity index (χ4n) is 3.49. The molecular weight excluding hydrogens is 255 g/mol. The van der Waals surface area contributed by atoms with Gasteiger partial charge in [-0.15, -0.1) is 0 Å². The van der Waals surface area contributed by atoms with Gasteiger partial charge in [0.15, 0.2) is 0 Å². The van der Waals surface area contributed by atoms with Gasteiger partial charge >= 0.3 is 6.98 Å². The van der Waals surface area contributed by atoms with E-state index in [1.807, 2.05) is 0 Å². The van der Waals surface area contributed by atoms with Crippen molar-refractivity contribution in [2.75, 3.05) is 23.7 Å². The smallest absolute Gasteiger partial charge is 0.394 e. The molecule has 2 nitrogen and oxygen atoms in total. The number of hydrogen-bond donors (Lipinski definition) is 0. The fraction of sp³-hybridized carbons (Fsp3) is 0.111. The molecule has 0 aliphatic carbocycles. The van der Waals surface area contributed by atoms with Gasteiger partial charge in [-0.25, -0.2) is 0 Å². The van der Waals surface area contributed by atoms with Gasteiger partial charge in [-0.1, -0.05) is 54.6 Å². The summed E-state index contributed by atoms with van der Waals surface area (Å²) in [7, 11) is 4.36. The second-order valence-electron chi connectivity index (χ2n) is 5.66. The molecule has 3 aromatic rings. The molecule has 1 aliphatic heterocycles. The van der Waals surface area contributed by atoms with Crippen LogP contribution in [-0.4, -0.2) is 21.1 Å². The van der Waals surface area contributed by atoms with Crippen LogP contribution in [0.25, 0.3) is 10.8 Å². The SMILES string of the molecule is CN1B(c2ccccc2)N(C)c2cccc3cccc1c23. The van der Waals surface area contributed by atoms with Crippen LogP contribution < -0.4 is 15.1 Å². The second kappa shape index (κ2) is 4.56. The van der Waals surface area contributed by atoms with E-state index in [1.54, 1.807) is 0 Å². The highest BCUT2D eigenvalue weighted by molar-refractivity contribution is 6.81. The molecule has 0 N–H and O–H groups in total. The molecule has 0 fully saturated rings. The summed E-state index contributed by atoms with van der Waals surface area (Å²) in [5.41, 5.74) is 3.92. The molecular formula is C18H17BN2. The Hall–Kier alpha value is -2.42. The number of nitrogens with zero attached hydrogens (tertiary/aromatic N) is 2. The quantitative estimate of drug-likeness (QED) is 0.628. The summed E-state index contributed by atoms with van der Waals surface area (Å²) >= 11 is 0. The Balaban J connectivity index is 1.97. The Bertz CT molecular complexity index is 756. The van der Waals surface area contributed by atoms with Crippen LogP contribution in [0.5, 0.6) is 0 Å². The summed E-state index contributed by atoms with van der Waals surface area (Å²) < 4.78 is 0. The van der Waals surface area contributed by atoms with Crippen molar-refractivity contribution in [3.63, 3.8) is 0 Å². The molecule has 0 bridgehead atoms. The van der Waals surface area contributed by atoms with Gasteiger partial charge < -0.3 is 9.62 Å². The van der Waals surface area contributed by atoms with Crippen molar-refractivity contribution in [2.45, 2.75) is 0 Å². The van der Waals surface area contributed by atoms with Crippen LogP contribution in [-0.2, 0) is 0 Å². The zero-order valence-electron chi connectivity index (χ0n) is 12.3. The highest BCUT2D eigenvalue weighted by atomic mass is 15.2. The lowest BCUT2D eigenvalue weighted by Crippen LogP contribution is -2.59. The molecule has 1 heterocycles. The lowest BCUT2D eigenvalue weighted by Gasteiger charge is -2.41. The molecule has 0 saturated carbocycles. The van der Waals surface area contributed by atoms with Gasteiger partial charge in [0.05, 0.1) is 0 Å². The third-order valence-corrected chi connectivity index (χ3v) is 4.45. The van der Waals surface area contributed by atoms with Crippen molar-refractivity contribution in [3.05, 3.63) is 66.7 Å². The monoisotopic (exact) mass is 272 g/mol. The average Bonchev–Trinajstić information content (AvgIpc) is 2.54. The Morgan fingerprint density at radius 3 is 1.81 bits per heavy atom. The summed E-state index contributed by atoms with van der Waals surface area (Å²) in [6.07, 6.45) is 0. The number of benzene rings is 3. The van der Waals surface area contributed by atoms with Crippen LogP contribution in [0.1, 0.15) is 0 Å². The molecule has 0 unspecified atom stereocenters. The topological polar surface area (TPSA) is 6.48 Å². The van der Waals surface area contributed by atoms with Crippen molar-refractivity contribution in [3.8, 4) is 0 Å². The van der Waals surface area contributed by atoms with Crippen LogP contribution in [0, 0.1) is 0 Å². The van der Waals surface area contributed by atoms with Crippen LogP contribution >= 0.6 is 0 Å². The largest absolute Gasteiger partial charge is 0.410 e. The molecule has 3 aromatic carbocycles. The lowest BCUT2D eigenvalue weighted by molar-refractivity contribution is 1.19. The van der Waals surface area contributed by atoms with Crippen molar-refractivity contribution >= 4 is 34.6 Å². The van der Waals surface area contributed by atoms with Gasteiger partial charge in [-0.3, -0.25) is 0 Å². The average molecular weight is 272 g/mol.